The van der Waals surface area contributed by atoms with E-state index < -0.39 is 15.6 Å². The van der Waals surface area contributed by atoms with E-state index in [0.29, 0.717) is 19.1 Å². The second kappa shape index (κ2) is 6.94. The van der Waals surface area contributed by atoms with Gasteiger partial charge < -0.3 is 9.64 Å². The van der Waals surface area contributed by atoms with Crippen molar-refractivity contribution in [2.24, 2.45) is 0 Å². The van der Waals surface area contributed by atoms with Crippen molar-refractivity contribution in [1.82, 2.24) is 14.5 Å². The minimum absolute atomic E-state index is 0.00823. The van der Waals surface area contributed by atoms with E-state index in [1.54, 1.807) is 4.90 Å². The summed E-state index contributed by atoms with van der Waals surface area (Å²) < 4.78 is 30.7. The highest BCUT2D eigenvalue weighted by Gasteiger charge is 2.33. The summed E-state index contributed by atoms with van der Waals surface area (Å²) in [7, 11) is -3.15. The van der Waals surface area contributed by atoms with Gasteiger partial charge in [0.15, 0.2) is 0 Å². The molecule has 2 rings (SSSR count). The molecule has 1 amide bonds. The lowest BCUT2D eigenvalue weighted by molar-refractivity contribution is 0.0155. The molecule has 7 nitrogen and oxygen atoms in total. The molecule has 134 valence electrons. The van der Waals surface area contributed by atoms with Gasteiger partial charge >= 0.3 is 6.09 Å². The van der Waals surface area contributed by atoms with Crippen molar-refractivity contribution in [1.29, 1.82) is 0 Å². The van der Waals surface area contributed by atoms with Gasteiger partial charge in [-0.25, -0.2) is 17.9 Å². The second-order valence-corrected chi connectivity index (χ2v) is 9.35. The zero-order chi connectivity index (χ0) is 17.3. The zero-order valence-corrected chi connectivity index (χ0v) is 15.4. The Balaban J connectivity index is 1.78. The highest BCUT2D eigenvalue weighted by atomic mass is 32.2. The number of likely N-dealkylation sites (tertiary alicyclic amines) is 2. The lowest BCUT2D eigenvalue weighted by Crippen LogP contribution is -2.48. The number of carbonyl (C=O) groups excluding carboxylic acids is 1. The smallest absolute Gasteiger partial charge is 0.410 e. The number of nitrogens with one attached hydrogen (secondary N) is 1. The van der Waals surface area contributed by atoms with Crippen LogP contribution in [0.3, 0.4) is 0 Å². The summed E-state index contributed by atoms with van der Waals surface area (Å²) in [5.41, 5.74) is -0.465. The summed E-state index contributed by atoms with van der Waals surface area (Å²) in [4.78, 5) is 16.2. The normalized spacial score (nSPS) is 24.9. The average molecular weight is 347 g/mol. The van der Waals surface area contributed by atoms with E-state index in [-0.39, 0.29) is 12.1 Å². The van der Waals surface area contributed by atoms with E-state index in [9.17, 15) is 13.2 Å². The molecule has 0 aromatic heterocycles. The Bertz CT molecular complexity index is 521. The highest BCUT2D eigenvalue weighted by Crippen LogP contribution is 2.23. The number of rotatable bonds is 3. The fraction of sp³-hybridized carbons (Fsp3) is 0.933. The van der Waals surface area contributed by atoms with E-state index in [1.807, 2.05) is 20.8 Å². The van der Waals surface area contributed by atoms with Crippen LogP contribution in [0.15, 0.2) is 0 Å². The van der Waals surface area contributed by atoms with E-state index in [2.05, 4.69) is 9.62 Å². The third-order valence-corrected chi connectivity index (χ3v) is 4.99. The fourth-order valence-electron chi connectivity index (χ4n) is 3.26. The van der Waals surface area contributed by atoms with Gasteiger partial charge in [0.05, 0.1) is 6.26 Å². The zero-order valence-electron chi connectivity index (χ0n) is 14.5. The summed E-state index contributed by atoms with van der Waals surface area (Å²) in [6.07, 6.45) is 3.62. The molecule has 2 saturated heterocycles. The molecule has 0 spiro atoms. The standard InChI is InChI=1S/C15H29N3O4S/c1-15(2,3)22-14(19)17-9-6-13(7-10-17)18-8-5-12(11-18)16-23(4,20)21/h12-13,16H,5-11H2,1-4H3. The maximum absolute atomic E-state index is 12.1. The molecule has 1 atom stereocenters. The molecule has 8 heteroatoms. The number of hydrogen-bond acceptors (Lipinski definition) is 5. The molecule has 0 saturated carbocycles. The molecule has 0 bridgehead atoms. The molecule has 0 aromatic rings. The molecule has 0 aromatic carbocycles. The van der Waals surface area contributed by atoms with Crippen molar-refractivity contribution in [2.75, 3.05) is 32.4 Å². The Morgan fingerprint density at radius 1 is 1.13 bits per heavy atom. The van der Waals surface area contributed by atoms with Crippen molar-refractivity contribution >= 4 is 16.1 Å². The van der Waals surface area contributed by atoms with Crippen LogP contribution in [0.2, 0.25) is 0 Å². The lowest BCUT2D eigenvalue weighted by Gasteiger charge is -2.37. The maximum Gasteiger partial charge on any atom is 0.410 e. The topological polar surface area (TPSA) is 79.0 Å². The quantitative estimate of drug-likeness (QED) is 0.824. The number of nitrogens with zero attached hydrogens (tertiary/aromatic N) is 2. The maximum atomic E-state index is 12.1. The van der Waals surface area contributed by atoms with Crippen LogP contribution in [-0.4, -0.2) is 74.4 Å². The van der Waals surface area contributed by atoms with Crippen molar-refractivity contribution in [2.45, 2.75) is 57.7 Å². The number of carbonyl (C=O) groups is 1. The molecule has 2 fully saturated rings. The second-order valence-electron chi connectivity index (χ2n) is 7.57. The Morgan fingerprint density at radius 3 is 2.26 bits per heavy atom. The first kappa shape index (κ1) is 18.5. The predicted octanol–water partition coefficient (Wildman–Crippen LogP) is 1.01. The Morgan fingerprint density at radius 2 is 1.74 bits per heavy atom. The molecular formula is C15H29N3O4S. The van der Waals surface area contributed by atoms with Gasteiger partial charge in [-0.3, -0.25) is 4.90 Å². The van der Waals surface area contributed by atoms with Gasteiger partial charge in [0.1, 0.15) is 5.60 Å². The van der Waals surface area contributed by atoms with Crippen molar-refractivity contribution in [3.8, 4) is 0 Å². The number of sulfonamides is 1. The van der Waals surface area contributed by atoms with Crippen LogP contribution < -0.4 is 4.72 Å². The first-order valence-corrected chi connectivity index (χ1v) is 10.1. The summed E-state index contributed by atoms with van der Waals surface area (Å²) in [6, 6.07) is 0.425. The summed E-state index contributed by atoms with van der Waals surface area (Å²) in [5, 5.41) is 0. The van der Waals surface area contributed by atoms with Crippen LogP contribution in [0.25, 0.3) is 0 Å². The van der Waals surface area contributed by atoms with E-state index in [1.165, 1.54) is 6.26 Å². The van der Waals surface area contributed by atoms with Gasteiger partial charge in [0.2, 0.25) is 10.0 Å². The minimum Gasteiger partial charge on any atom is -0.444 e. The van der Waals surface area contributed by atoms with Crippen LogP contribution in [0.1, 0.15) is 40.0 Å². The fourth-order valence-corrected chi connectivity index (χ4v) is 4.06. The van der Waals surface area contributed by atoms with E-state index in [0.717, 1.165) is 32.4 Å². The Kier molecular flexibility index (Phi) is 5.58. The SMILES string of the molecule is CC(C)(C)OC(=O)N1CCC(N2CCC(NS(C)(=O)=O)C2)CC1. The minimum atomic E-state index is -3.15. The van der Waals surface area contributed by atoms with Gasteiger partial charge in [-0.1, -0.05) is 0 Å². The molecular weight excluding hydrogens is 318 g/mol. The van der Waals surface area contributed by atoms with Gasteiger partial charge in [-0.2, -0.15) is 0 Å². The number of ether oxygens (including phenoxy) is 1. The Labute approximate surface area is 139 Å². The van der Waals surface area contributed by atoms with Crippen LogP contribution in [-0.2, 0) is 14.8 Å². The molecule has 2 heterocycles. The molecule has 1 N–H and O–H groups in total. The van der Waals surface area contributed by atoms with E-state index in [4.69, 9.17) is 4.74 Å². The van der Waals surface area contributed by atoms with Crippen LogP contribution in [0.4, 0.5) is 4.79 Å². The number of amides is 1. The third kappa shape index (κ3) is 5.93. The lowest BCUT2D eigenvalue weighted by atomic mass is 10.0. The van der Waals surface area contributed by atoms with Crippen LogP contribution in [0, 0.1) is 0 Å². The monoisotopic (exact) mass is 347 g/mol. The van der Waals surface area contributed by atoms with Gasteiger partial charge in [-0.05, 0) is 40.0 Å². The highest BCUT2D eigenvalue weighted by molar-refractivity contribution is 7.88. The summed E-state index contributed by atoms with van der Waals surface area (Å²) in [6.45, 7) is 8.67. The largest absolute Gasteiger partial charge is 0.444 e. The Hall–Kier alpha value is -0.860. The molecule has 23 heavy (non-hydrogen) atoms. The molecule has 2 aliphatic heterocycles. The van der Waals surface area contributed by atoms with Gasteiger partial charge in [0.25, 0.3) is 0 Å². The third-order valence-electron chi connectivity index (χ3n) is 4.23. The van der Waals surface area contributed by atoms with E-state index >= 15 is 0 Å². The van der Waals surface area contributed by atoms with Crippen LogP contribution >= 0.6 is 0 Å². The molecule has 0 radical (unpaired) electrons. The first-order valence-electron chi connectivity index (χ1n) is 8.23. The number of piperidine rings is 1. The molecule has 1 unspecified atom stereocenters. The van der Waals surface area contributed by atoms with Crippen molar-refractivity contribution in [3.05, 3.63) is 0 Å². The molecule has 0 aliphatic carbocycles. The van der Waals surface area contributed by atoms with Crippen molar-refractivity contribution < 1.29 is 17.9 Å². The molecule has 2 aliphatic rings. The average Bonchev–Trinajstić information content (AvgIpc) is 2.83. The summed E-state index contributed by atoms with van der Waals surface area (Å²) >= 11 is 0. The summed E-state index contributed by atoms with van der Waals surface area (Å²) in [5.74, 6) is 0. The van der Waals surface area contributed by atoms with Crippen LogP contribution in [0.5, 0.6) is 0 Å². The number of hydrogen-bond donors (Lipinski definition) is 1. The van der Waals surface area contributed by atoms with Gasteiger partial charge in [-0.15, -0.1) is 0 Å². The first-order chi connectivity index (χ1) is 10.5. The van der Waals surface area contributed by atoms with Gasteiger partial charge in [0, 0.05) is 38.3 Å². The van der Waals surface area contributed by atoms with Crippen molar-refractivity contribution in [3.63, 3.8) is 0 Å². The predicted molar refractivity (Wildman–Crippen MR) is 88.8 cm³/mol.